The van der Waals surface area contributed by atoms with Crippen LogP contribution in [0.3, 0.4) is 0 Å². The lowest BCUT2D eigenvalue weighted by atomic mass is 9.54. The lowest BCUT2D eigenvalue weighted by Crippen LogP contribution is -2.46. The summed E-state index contributed by atoms with van der Waals surface area (Å²) in [4.78, 5) is 29.2. The van der Waals surface area contributed by atoms with E-state index in [2.05, 4.69) is 28.1 Å². The Morgan fingerprint density at radius 2 is 2.22 bits per heavy atom. The van der Waals surface area contributed by atoms with Gasteiger partial charge in [-0.3, -0.25) is 14.6 Å². The Bertz CT molecular complexity index is 783. The molecule has 1 heterocycles. The van der Waals surface area contributed by atoms with Gasteiger partial charge >= 0.3 is 0 Å². The van der Waals surface area contributed by atoms with Gasteiger partial charge in [-0.15, -0.1) is 0 Å². The molecule has 3 nitrogen and oxygen atoms in total. The molecule has 2 atom stereocenters. The predicted molar refractivity (Wildman–Crippen MR) is 93.6 cm³/mol. The van der Waals surface area contributed by atoms with Gasteiger partial charge in [0.25, 0.3) is 0 Å². The maximum atomic E-state index is 12.4. The fraction of sp³-hybridized carbons (Fsp3) is 0.421. The molecule has 2 spiro atoms. The molecule has 0 bridgehead atoms. The number of aliphatic imine (C=N–C) groups is 1. The van der Waals surface area contributed by atoms with E-state index in [0.29, 0.717) is 6.42 Å². The van der Waals surface area contributed by atoms with Crippen LogP contribution in [0, 0.1) is 10.8 Å². The minimum absolute atomic E-state index is 0.0934. The van der Waals surface area contributed by atoms with Gasteiger partial charge in [0.15, 0.2) is 11.6 Å². The standard InChI is InChI=1S/C19H18BrNO2/c1-12(22)15-4-3-13(6-10-20)17-19(15)8-2-7-18(19)9-5-14(23)11-16(18)21-17/h2-4,8,11H,5-7,9-10H2,1H3. The van der Waals surface area contributed by atoms with Crippen molar-refractivity contribution < 1.29 is 9.59 Å². The summed E-state index contributed by atoms with van der Waals surface area (Å²) in [5, 5.41) is 0.853. The summed E-state index contributed by atoms with van der Waals surface area (Å²) in [6.07, 6.45) is 13.1. The zero-order valence-electron chi connectivity index (χ0n) is 13.1. The second-order valence-electron chi connectivity index (χ2n) is 6.72. The molecule has 1 aliphatic heterocycles. The van der Waals surface area contributed by atoms with Gasteiger partial charge in [-0.25, -0.2) is 0 Å². The quantitative estimate of drug-likeness (QED) is 0.558. The summed E-state index contributed by atoms with van der Waals surface area (Å²) < 4.78 is 0. The van der Waals surface area contributed by atoms with E-state index in [-0.39, 0.29) is 17.0 Å². The number of alkyl halides is 1. The smallest absolute Gasteiger partial charge is 0.157 e. The number of hydrogen-bond donors (Lipinski definition) is 0. The minimum Gasteiger partial charge on any atom is -0.295 e. The molecule has 0 aromatic carbocycles. The molecular formula is C19H18BrNO2. The maximum Gasteiger partial charge on any atom is 0.157 e. The van der Waals surface area contributed by atoms with Crippen molar-refractivity contribution in [3.63, 3.8) is 0 Å². The molecule has 118 valence electrons. The van der Waals surface area contributed by atoms with Crippen LogP contribution in [0.25, 0.3) is 0 Å². The highest BCUT2D eigenvalue weighted by molar-refractivity contribution is 9.09. The van der Waals surface area contributed by atoms with E-state index < -0.39 is 5.41 Å². The van der Waals surface area contributed by atoms with Crippen molar-refractivity contribution >= 4 is 33.2 Å². The van der Waals surface area contributed by atoms with Gasteiger partial charge in [0.2, 0.25) is 0 Å². The molecule has 3 aliphatic carbocycles. The molecule has 4 rings (SSSR count). The molecule has 0 amide bonds. The first-order valence-electron chi connectivity index (χ1n) is 8.06. The molecule has 0 N–H and O–H groups in total. The van der Waals surface area contributed by atoms with Crippen molar-refractivity contribution in [2.75, 3.05) is 5.33 Å². The molecule has 0 fully saturated rings. The highest BCUT2D eigenvalue weighted by atomic mass is 79.9. The lowest BCUT2D eigenvalue weighted by molar-refractivity contribution is -0.116. The van der Waals surface area contributed by atoms with Crippen LogP contribution in [-0.4, -0.2) is 22.6 Å². The molecule has 0 saturated heterocycles. The number of nitrogens with zero attached hydrogens (tertiary/aromatic N) is 1. The Balaban J connectivity index is 2.00. The third-order valence-electron chi connectivity index (χ3n) is 5.70. The van der Waals surface area contributed by atoms with E-state index in [0.717, 1.165) is 41.6 Å². The summed E-state index contributed by atoms with van der Waals surface area (Å²) in [5.41, 5.74) is 3.15. The first-order chi connectivity index (χ1) is 11.0. The van der Waals surface area contributed by atoms with Crippen LogP contribution in [0.15, 0.2) is 52.2 Å². The Morgan fingerprint density at radius 3 is 2.96 bits per heavy atom. The number of allylic oxidation sites excluding steroid dienone is 8. The van der Waals surface area contributed by atoms with Gasteiger partial charge in [-0.05, 0) is 31.8 Å². The fourth-order valence-corrected chi connectivity index (χ4v) is 5.16. The number of rotatable bonds is 3. The van der Waals surface area contributed by atoms with E-state index in [1.165, 1.54) is 5.57 Å². The fourth-order valence-electron chi connectivity index (χ4n) is 4.74. The van der Waals surface area contributed by atoms with E-state index in [1.807, 2.05) is 12.2 Å². The Morgan fingerprint density at radius 1 is 1.39 bits per heavy atom. The minimum atomic E-state index is -0.461. The van der Waals surface area contributed by atoms with Crippen LogP contribution in [0.1, 0.15) is 32.6 Å². The summed E-state index contributed by atoms with van der Waals surface area (Å²) in [6.45, 7) is 1.64. The van der Waals surface area contributed by atoms with Crippen LogP contribution in [-0.2, 0) is 9.59 Å². The SMILES string of the molecule is CC(=O)C1=CC=C(CCBr)C2=NC3=CC(=O)CCC34CC=CC124. The second-order valence-corrected chi connectivity index (χ2v) is 7.51. The average molecular weight is 372 g/mol. The largest absolute Gasteiger partial charge is 0.295 e. The van der Waals surface area contributed by atoms with Crippen LogP contribution in [0.2, 0.25) is 0 Å². The summed E-state index contributed by atoms with van der Waals surface area (Å²) >= 11 is 3.51. The number of carbonyl (C=O) groups is 2. The van der Waals surface area contributed by atoms with Gasteiger partial charge in [0, 0.05) is 28.8 Å². The van der Waals surface area contributed by atoms with Gasteiger partial charge in [0.1, 0.15) is 0 Å². The summed E-state index contributed by atoms with van der Waals surface area (Å²) in [6, 6.07) is 0. The van der Waals surface area contributed by atoms with Crippen molar-refractivity contribution in [2.45, 2.75) is 32.6 Å². The predicted octanol–water partition coefficient (Wildman–Crippen LogP) is 3.86. The van der Waals surface area contributed by atoms with Crippen molar-refractivity contribution in [2.24, 2.45) is 15.8 Å². The normalized spacial score (nSPS) is 34.1. The van der Waals surface area contributed by atoms with E-state index in [4.69, 9.17) is 4.99 Å². The van der Waals surface area contributed by atoms with Gasteiger partial charge in [-0.2, -0.15) is 0 Å². The summed E-state index contributed by atoms with van der Waals surface area (Å²) in [7, 11) is 0. The van der Waals surface area contributed by atoms with Gasteiger partial charge in [0.05, 0.1) is 16.8 Å². The van der Waals surface area contributed by atoms with Gasteiger partial charge in [-0.1, -0.05) is 40.2 Å². The first-order valence-corrected chi connectivity index (χ1v) is 9.18. The molecule has 23 heavy (non-hydrogen) atoms. The second kappa shape index (κ2) is 4.97. The zero-order chi connectivity index (χ0) is 16.2. The zero-order valence-corrected chi connectivity index (χ0v) is 14.6. The topological polar surface area (TPSA) is 46.5 Å². The molecule has 4 aliphatic rings. The van der Waals surface area contributed by atoms with Crippen molar-refractivity contribution in [3.8, 4) is 0 Å². The van der Waals surface area contributed by atoms with E-state index in [1.54, 1.807) is 13.0 Å². The van der Waals surface area contributed by atoms with Crippen molar-refractivity contribution in [1.82, 2.24) is 0 Å². The molecule has 0 radical (unpaired) electrons. The van der Waals surface area contributed by atoms with Crippen molar-refractivity contribution in [1.29, 1.82) is 0 Å². The number of ketones is 2. The summed E-state index contributed by atoms with van der Waals surface area (Å²) in [5.74, 6) is 0.242. The lowest BCUT2D eigenvalue weighted by Gasteiger charge is -2.45. The van der Waals surface area contributed by atoms with Crippen LogP contribution in [0.4, 0.5) is 0 Å². The Kier molecular flexibility index (Phi) is 3.24. The maximum absolute atomic E-state index is 12.4. The number of halogens is 1. The molecule has 4 heteroatoms. The highest BCUT2D eigenvalue weighted by Gasteiger charge is 2.64. The van der Waals surface area contributed by atoms with Gasteiger partial charge < -0.3 is 0 Å². The molecular weight excluding hydrogens is 354 g/mol. The number of Topliss-reactive ketones (excluding diaryl/α,β-unsaturated/α-hetero) is 1. The molecule has 0 aromatic heterocycles. The van der Waals surface area contributed by atoms with Crippen LogP contribution >= 0.6 is 15.9 Å². The van der Waals surface area contributed by atoms with Crippen LogP contribution < -0.4 is 0 Å². The Labute approximate surface area is 144 Å². The third kappa shape index (κ3) is 1.73. The van der Waals surface area contributed by atoms with Crippen LogP contribution in [0.5, 0.6) is 0 Å². The molecule has 2 unspecified atom stereocenters. The Hall–Kier alpha value is -1.55. The third-order valence-corrected chi connectivity index (χ3v) is 6.10. The highest BCUT2D eigenvalue weighted by Crippen LogP contribution is 2.67. The first kappa shape index (κ1) is 15.0. The monoisotopic (exact) mass is 371 g/mol. The average Bonchev–Trinajstić information content (AvgIpc) is 2.99. The van der Waals surface area contributed by atoms with Crippen molar-refractivity contribution in [3.05, 3.63) is 47.2 Å². The number of carbonyl (C=O) groups excluding carboxylic acids is 2. The van der Waals surface area contributed by atoms with E-state index >= 15 is 0 Å². The molecule has 0 saturated carbocycles. The van der Waals surface area contributed by atoms with E-state index in [9.17, 15) is 9.59 Å². The number of hydrogen-bond acceptors (Lipinski definition) is 3. The molecule has 0 aromatic rings.